The molecule has 1 aromatic carbocycles. The molecule has 1 aliphatic carbocycles. The van der Waals surface area contributed by atoms with Gasteiger partial charge in [-0.25, -0.2) is 4.39 Å². The van der Waals surface area contributed by atoms with E-state index in [-0.39, 0.29) is 17.1 Å². The zero-order chi connectivity index (χ0) is 12.8. The highest BCUT2D eigenvalue weighted by molar-refractivity contribution is 9.10. The van der Waals surface area contributed by atoms with Crippen LogP contribution in [0.2, 0.25) is 0 Å². The maximum atomic E-state index is 13.5. The Labute approximate surface area is 113 Å². The van der Waals surface area contributed by atoms with Gasteiger partial charge >= 0.3 is 0 Å². The van der Waals surface area contributed by atoms with Crippen molar-refractivity contribution in [1.82, 2.24) is 0 Å². The van der Waals surface area contributed by atoms with Gasteiger partial charge in [0.1, 0.15) is 5.82 Å². The van der Waals surface area contributed by atoms with E-state index in [1.54, 1.807) is 6.07 Å². The largest absolute Gasteiger partial charge is 0.382 e. The van der Waals surface area contributed by atoms with E-state index in [4.69, 9.17) is 0 Å². The summed E-state index contributed by atoms with van der Waals surface area (Å²) in [7, 11) is 0. The quantitative estimate of drug-likeness (QED) is 0.769. The molecule has 96 valence electrons. The summed E-state index contributed by atoms with van der Waals surface area (Å²) in [6.07, 6.45) is 3.99. The van der Waals surface area contributed by atoms with E-state index < -0.39 is 0 Å². The fourth-order valence-electron chi connectivity index (χ4n) is 2.85. The molecule has 2 N–H and O–H groups in total. The number of halogens is 2. The fraction of sp³-hybridized carbons (Fsp3) is 0.462. The Hall–Kier alpha value is -1.10. The van der Waals surface area contributed by atoms with Crippen LogP contribution >= 0.6 is 15.9 Å². The molecule has 18 heavy (non-hydrogen) atoms. The lowest BCUT2D eigenvalue weighted by molar-refractivity contribution is -0.124. The molecule has 1 amide bonds. The van der Waals surface area contributed by atoms with Crippen molar-refractivity contribution in [3.05, 3.63) is 22.4 Å². The average Bonchev–Trinajstić information content (AvgIpc) is 2.77. The Morgan fingerprint density at radius 2 is 1.94 bits per heavy atom. The number of hydrogen-bond acceptors (Lipinski definition) is 2. The predicted octanol–water partition coefficient (Wildman–Crippen LogP) is 3.51. The maximum absolute atomic E-state index is 13.5. The van der Waals surface area contributed by atoms with Crippen molar-refractivity contribution >= 4 is 33.2 Å². The van der Waals surface area contributed by atoms with Crippen LogP contribution in [0.4, 0.5) is 15.8 Å². The number of carbonyl (C=O) groups is 1. The van der Waals surface area contributed by atoms with Gasteiger partial charge in [0.05, 0.1) is 21.3 Å². The molecule has 0 unspecified atom stereocenters. The Kier molecular flexibility index (Phi) is 2.81. The molecule has 0 radical (unpaired) electrons. The molecular formula is C13H14BrFN2O. The predicted molar refractivity (Wildman–Crippen MR) is 72.1 cm³/mol. The number of rotatable bonds is 0. The lowest BCUT2D eigenvalue weighted by Crippen LogP contribution is -2.37. The van der Waals surface area contributed by atoms with Gasteiger partial charge in [-0.05, 0) is 34.8 Å². The second-order valence-electron chi connectivity index (χ2n) is 5.11. The van der Waals surface area contributed by atoms with Crippen LogP contribution in [0.5, 0.6) is 0 Å². The van der Waals surface area contributed by atoms with Crippen molar-refractivity contribution in [2.45, 2.75) is 25.7 Å². The normalized spacial score (nSPS) is 21.1. The van der Waals surface area contributed by atoms with Gasteiger partial charge < -0.3 is 10.6 Å². The lowest BCUT2D eigenvalue weighted by Gasteiger charge is -2.24. The highest BCUT2D eigenvalue weighted by Crippen LogP contribution is 2.42. The highest BCUT2D eigenvalue weighted by Gasteiger charge is 2.42. The summed E-state index contributed by atoms with van der Waals surface area (Å²) < 4.78 is 13.9. The van der Waals surface area contributed by atoms with Crippen LogP contribution in [-0.2, 0) is 4.79 Å². The molecule has 0 atom stereocenters. The van der Waals surface area contributed by atoms with E-state index in [0.717, 1.165) is 31.4 Å². The standard InChI is InChI=1S/C13H14BrFN2O/c14-8-5-10-11(6-9(8)15)17-12(18)13(7-16-10)3-1-2-4-13/h5-6,16H,1-4,7H2,(H,17,18). The molecule has 3 nitrogen and oxygen atoms in total. The van der Waals surface area contributed by atoms with Gasteiger partial charge in [-0.2, -0.15) is 0 Å². The molecule has 0 aromatic heterocycles. The summed E-state index contributed by atoms with van der Waals surface area (Å²) in [6, 6.07) is 3.04. The van der Waals surface area contributed by atoms with E-state index in [1.807, 2.05) is 0 Å². The molecule has 0 bridgehead atoms. The molecule has 2 aliphatic rings. The first-order valence-corrected chi connectivity index (χ1v) is 6.94. The van der Waals surface area contributed by atoms with Crippen LogP contribution in [-0.4, -0.2) is 12.5 Å². The van der Waals surface area contributed by atoms with Crippen molar-refractivity contribution < 1.29 is 9.18 Å². The first-order chi connectivity index (χ1) is 8.61. The number of fused-ring (bicyclic) bond motifs is 1. The zero-order valence-electron chi connectivity index (χ0n) is 9.85. The summed E-state index contributed by atoms with van der Waals surface area (Å²) in [5.74, 6) is -0.341. The summed E-state index contributed by atoms with van der Waals surface area (Å²) in [5, 5.41) is 6.14. The SMILES string of the molecule is O=C1Nc2cc(F)c(Br)cc2NCC12CCCC2. The van der Waals surface area contributed by atoms with Crippen LogP contribution < -0.4 is 10.6 Å². The Morgan fingerprint density at radius 1 is 1.22 bits per heavy atom. The topological polar surface area (TPSA) is 41.1 Å². The highest BCUT2D eigenvalue weighted by atomic mass is 79.9. The third-order valence-corrected chi connectivity index (χ3v) is 4.58. The van der Waals surface area contributed by atoms with Gasteiger partial charge in [-0.1, -0.05) is 12.8 Å². The second kappa shape index (κ2) is 4.23. The Balaban J connectivity index is 1.98. The summed E-state index contributed by atoms with van der Waals surface area (Å²) >= 11 is 3.16. The number of carbonyl (C=O) groups excluding carboxylic acids is 1. The minimum atomic E-state index is -0.363. The maximum Gasteiger partial charge on any atom is 0.232 e. The van der Waals surface area contributed by atoms with Crippen molar-refractivity contribution in [2.75, 3.05) is 17.2 Å². The van der Waals surface area contributed by atoms with Crippen LogP contribution in [0.1, 0.15) is 25.7 Å². The van der Waals surface area contributed by atoms with Gasteiger partial charge in [-0.15, -0.1) is 0 Å². The average molecular weight is 313 g/mol. The molecular weight excluding hydrogens is 299 g/mol. The van der Waals surface area contributed by atoms with Crippen LogP contribution in [0.15, 0.2) is 16.6 Å². The van der Waals surface area contributed by atoms with Crippen LogP contribution in [0, 0.1) is 11.2 Å². The Morgan fingerprint density at radius 3 is 2.67 bits per heavy atom. The van der Waals surface area contributed by atoms with Gasteiger partial charge in [-0.3, -0.25) is 4.79 Å². The number of amides is 1. The van der Waals surface area contributed by atoms with Gasteiger partial charge in [0.25, 0.3) is 0 Å². The van der Waals surface area contributed by atoms with Crippen molar-refractivity contribution in [3.63, 3.8) is 0 Å². The Bertz CT molecular complexity index is 512. The minimum Gasteiger partial charge on any atom is -0.382 e. The van der Waals surface area contributed by atoms with E-state index in [0.29, 0.717) is 16.7 Å². The number of anilines is 2. The number of hydrogen-bond donors (Lipinski definition) is 2. The molecule has 1 saturated carbocycles. The van der Waals surface area contributed by atoms with E-state index >= 15 is 0 Å². The minimum absolute atomic E-state index is 0.0213. The molecule has 1 spiro atoms. The second-order valence-corrected chi connectivity index (χ2v) is 5.96. The molecule has 5 heteroatoms. The van der Waals surface area contributed by atoms with E-state index in [1.165, 1.54) is 6.07 Å². The van der Waals surface area contributed by atoms with E-state index in [2.05, 4.69) is 26.6 Å². The number of nitrogens with one attached hydrogen (secondary N) is 2. The molecule has 1 aromatic rings. The van der Waals surface area contributed by atoms with Crippen LogP contribution in [0.3, 0.4) is 0 Å². The van der Waals surface area contributed by atoms with Gasteiger partial charge in [0.15, 0.2) is 0 Å². The first kappa shape index (κ1) is 12.0. The monoisotopic (exact) mass is 312 g/mol. The summed E-state index contributed by atoms with van der Waals surface area (Å²) in [4.78, 5) is 12.3. The molecule has 1 fully saturated rings. The van der Waals surface area contributed by atoms with Crippen molar-refractivity contribution in [3.8, 4) is 0 Å². The summed E-state index contributed by atoms with van der Waals surface area (Å²) in [5.41, 5.74) is 0.993. The molecule has 3 rings (SSSR count). The zero-order valence-corrected chi connectivity index (χ0v) is 11.4. The third-order valence-electron chi connectivity index (χ3n) is 3.97. The first-order valence-electron chi connectivity index (χ1n) is 6.15. The van der Waals surface area contributed by atoms with Gasteiger partial charge in [0, 0.05) is 12.6 Å². The molecule has 1 heterocycles. The summed E-state index contributed by atoms with van der Waals surface area (Å²) in [6.45, 7) is 0.629. The van der Waals surface area contributed by atoms with Crippen molar-refractivity contribution in [2.24, 2.45) is 5.41 Å². The lowest BCUT2D eigenvalue weighted by atomic mass is 9.85. The van der Waals surface area contributed by atoms with E-state index in [9.17, 15) is 9.18 Å². The molecule has 1 aliphatic heterocycles. The smallest absolute Gasteiger partial charge is 0.232 e. The third kappa shape index (κ3) is 1.81. The van der Waals surface area contributed by atoms with Gasteiger partial charge in [0.2, 0.25) is 5.91 Å². The molecule has 0 saturated heterocycles. The van der Waals surface area contributed by atoms with Crippen molar-refractivity contribution in [1.29, 1.82) is 0 Å². The fourth-order valence-corrected chi connectivity index (χ4v) is 3.20. The number of benzene rings is 1. The van der Waals surface area contributed by atoms with Crippen LogP contribution in [0.25, 0.3) is 0 Å².